The number of carbonyl (C=O) groups excluding carboxylic acids is 2. The molecule has 1 aromatic carbocycles. The SMILES string of the molecule is CCCN1C(=O)/C(=C2\SC(=S)N([C@@H](C)CC)C2=O)c2cc(Br)ccc21. The number of nitrogens with zero attached hydrogens (tertiary/aromatic N) is 2. The van der Waals surface area contributed by atoms with Gasteiger partial charge in [0.1, 0.15) is 4.32 Å². The summed E-state index contributed by atoms with van der Waals surface area (Å²) >= 11 is 10.1. The molecule has 0 aliphatic carbocycles. The molecular weight excluding hydrogens is 420 g/mol. The molecular formula is C18H19BrN2O2S2. The molecule has 0 saturated carbocycles. The summed E-state index contributed by atoms with van der Waals surface area (Å²) in [5.74, 6) is -0.267. The molecule has 2 amide bonds. The van der Waals surface area contributed by atoms with E-state index in [9.17, 15) is 9.59 Å². The molecule has 1 saturated heterocycles. The van der Waals surface area contributed by atoms with Crippen molar-refractivity contribution in [1.29, 1.82) is 0 Å². The van der Waals surface area contributed by atoms with Crippen LogP contribution in [0.4, 0.5) is 5.69 Å². The van der Waals surface area contributed by atoms with Gasteiger partial charge < -0.3 is 4.90 Å². The van der Waals surface area contributed by atoms with Crippen molar-refractivity contribution in [2.24, 2.45) is 0 Å². The maximum atomic E-state index is 13.1. The second kappa shape index (κ2) is 7.21. The molecule has 1 atom stereocenters. The minimum atomic E-state index is -0.156. The summed E-state index contributed by atoms with van der Waals surface area (Å²) in [7, 11) is 0. The Morgan fingerprint density at radius 1 is 1.24 bits per heavy atom. The molecule has 2 heterocycles. The van der Waals surface area contributed by atoms with Crippen LogP contribution < -0.4 is 4.90 Å². The van der Waals surface area contributed by atoms with Gasteiger partial charge in [0.05, 0.1) is 16.2 Å². The van der Waals surface area contributed by atoms with Crippen LogP contribution >= 0.6 is 39.9 Å². The highest BCUT2D eigenvalue weighted by molar-refractivity contribution is 9.10. The van der Waals surface area contributed by atoms with Crippen molar-refractivity contribution in [3.63, 3.8) is 0 Å². The number of amides is 2. The zero-order valence-electron chi connectivity index (χ0n) is 14.3. The number of benzene rings is 1. The second-order valence-corrected chi connectivity index (χ2v) is 8.68. The minimum absolute atomic E-state index is 0.0239. The number of hydrogen-bond acceptors (Lipinski definition) is 4. The van der Waals surface area contributed by atoms with Crippen LogP contribution in [0.15, 0.2) is 27.6 Å². The lowest BCUT2D eigenvalue weighted by Gasteiger charge is -2.21. The van der Waals surface area contributed by atoms with Crippen molar-refractivity contribution in [2.75, 3.05) is 11.4 Å². The van der Waals surface area contributed by atoms with Crippen LogP contribution in [0.2, 0.25) is 0 Å². The van der Waals surface area contributed by atoms with Crippen LogP contribution in [0.5, 0.6) is 0 Å². The summed E-state index contributed by atoms with van der Waals surface area (Å²) < 4.78 is 1.41. The Hall–Kier alpha value is -1.18. The first-order valence-corrected chi connectivity index (χ1v) is 10.3. The standard InChI is InChI=1S/C18H19BrN2O2S2/c1-4-8-20-13-7-6-11(19)9-12(13)14(16(20)22)15-17(23)21(10(3)5-2)18(24)25-15/h6-7,9-10H,4-5,8H2,1-3H3/b15-14-/t10-/m0/s1. The zero-order valence-corrected chi connectivity index (χ0v) is 17.6. The van der Waals surface area contributed by atoms with Crippen LogP contribution in [0, 0.1) is 0 Å². The van der Waals surface area contributed by atoms with Crippen molar-refractivity contribution in [1.82, 2.24) is 4.90 Å². The molecule has 2 aliphatic rings. The molecule has 2 aliphatic heterocycles. The fourth-order valence-electron chi connectivity index (χ4n) is 3.06. The first-order chi connectivity index (χ1) is 11.9. The van der Waals surface area contributed by atoms with Crippen LogP contribution in [0.1, 0.15) is 39.2 Å². The summed E-state index contributed by atoms with van der Waals surface area (Å²) in [4.78, 5) is 29.9. The number of halogens is 1. The van der Waals surface area contributed by atoms with E-state index in [1.165, 1.54) is 11.8 Å². The highest BCUT2D eigenvalue weighted by Gasteiger charge is 2.42. The predicted octanol–water partition coefficient (Wildman–Crippen LogP) is 4.58. The fraction of sp³-hybridized carbons (Fsp3) is 0.389. The van der Waals surface area contributed by atoms with Gasteiger partial charge in [-0.1, -0.05) is 53.8 Å². The van der Waals surface area contributed by atoms with E-state index in [2.05, 4.69) is 15.9 Å². The van der Waals surface area contributed by atoms with E-state index in [1.807, 2.05) is 39.0 Å². The maximum absolute atomic E-state index is 13.1. The number of thiocarbonyl (C=S) groups is 1. The first-order valence-electron chi connectivity index (χ1n) is 8.32. The molecule has 4 nitrogen and oxygen atoms in total. The third-order valence-electron chi connectivity index (χ3n) is 4.48. The van der Waals surface area contributed by atoms with Crippen molar-refractivity contribution in [2.45, 2.75) is 39.7 Å². The summed E-state index contributed by atoms with van der Waals surface area (Å²) in [5.41, 5.74) is 2.14. The Kier molecular flexibility index (Phi) is 5.37. The van der Waals surface area contributed by atoms with E-state index in [-0.39, 0.29) is 17.9 Å². The molecule has 7 heteroatoms. The van der Waals surface area contributed by atoms with Gasteiger partial charge in [-0.05, 0) is 38.0 Å². The topological polar surface area (TPSA) is 40.6 Å². The van der Waals surface area contributed by atoms with Crippen LogP contribution in [-0.4, -0.2) is 33.6 Å². The third kappa shape index (κ3) is 3.06. The van der Waals surface area contributed by atoms with Crippen LogP contribution in [0.25, 0.3) is 5.57 Å². The summed E-state index contributed by atoms with van der Waals surface area (Å²) in [6.07, 6.45) is 1.66. The van der Waals surface area contributed by atoms with Crippen molar-refractivity contribution in [3.05, 3.63) is 33.1 Å². The van der Waals surface area contributed by atoms with Crippen molar-refractivity contribution >= 4 is 67.3 Å². The van der Waals surface area contributed by atoms with Gasteiger partial charge in [-0.25, -0.2) is 0 Å². The molecule has 0 unspecified atom stereocenters. The number of thioether (sulfide) groups is 1. The lowest BCUT2D eigenvalue weighted by atomic mass is 10.1. The molecule has 0 bridgehead atoms. The highest BCUT2D eigenvalue weighted by atomic mass is 79.9. The van der Waals surface area contributed by atoms with E-state index in [0.717, 1.165) is 28.6 Å². The molecule has 132 valence electrons. The number of carbonyl (C=O) groups is 2. The third-order valence-corrected chi connectivity index (χ3v) is 6.38. The first kappa shape index (κ1) is 18.6. The Morgan fingerprint density at radius 3 is 2.60 bits per heavy atom. The van der Waals surface area contributed by atoms with Gasteiger partial charge >= 0.3 is 0 Å². The molecule has 0 N–H and O–H groups in total. The largest absolute Gasteiger partial charge is 0.308 e. The molecule has 0 spiro atoms. The summed E-state index contributed by atoms with van der Waals surface area (Å²) in [6, 6.07) is 5.78. The Labute approximate surface area is 165 Å². The highest BCUT2D eigenvalue weighted by Crippen LogP contribution is 2.45. The van der Waals surface area contributed by atoms with E-state index < -0.39 is 0 Å². The van der Waals surface area contributed by atoms with E-state index in [0.29, 0.717) is 21.3 Å². The maximum Gasteiger partial charge on any atom is 0.267 e. The Bertz CT molecular complexity index is 806. The predicted molar refractivity (Wildman–Crippen MR) is 110 cm³/mol. The minimum Gasteiger partial charge on any atom is -0.308 e. The van der Waals surface area contributed by atoms with Gasteiger partial charge in [-0.2, -0.15) is 0 Å². The molecule has 0 aromatic heterocycles. The van der Waals surface area contributed by atoms with Gasteiger partial charge in [0, 0.05) is 22.6 Å². The monoisotopic (exact) mass is 438 g/mol. The summed E-state index contributed by atoms with van der Waals surface area (Å²) in [5, 5.41) is 0. The number of anilines is 1. The summed E-state index contributed by atoms with van der Waals surface area (Å²) in [6.45, 7) is 6.66. The zero-order chi connectivity index (χ0) is 18.3. The normalized spacial score (nSPS) is 21.4. The van der Waals surface area contributed by atoms with Gasteiger partial charge in [-0.15, -0.1) is 0 Å². The average molecular weight is 439 g/mol. The Morgan fingerprint density at radius 2 is 1.96 bits per heavy atom. The molecule has 1 fully saturated rings. The molecule has 25 heavy (non-hydrogen) atoms. The van der Waals surface area contributed by atoms with Crippen molar-refractivity contribution < 1.29 is 9.59 Å². The van der Waals surface area contributed by atoms with E-state index in [1.54, 1.807) is 9.80 Å². The van der Waals surface area contributed by atoms with Gasteiger partial charge in [0.15, 0.2) is 0 Å². The lowest BCUT2D eigenvalue weighted by molar-refractivity contribution is -0.123. The number of rotatable bonds is 4. The average Bonchev–Trinajstić information content (AvgIpc) is 3.01. The van der Waals surface area contributed by atoms with Gasteiger partial charge in [0.25, 0.3) is 11.8 Å². The molecule has 1 aromatic rings. The molecule has 3 rings (SSSR count). The Balaban J connectivity index is 2.15. The van der Waals surface area contributed by atoms with Gasteiger partial charge in [0.2, 0.25) is 0 Å². The lowest BCUT2D eigenvalue weighted by Crippen LogP contribution is -2.36. The number of hydrogen-bond donors (Lipinski definition) is 0. The van der Waals surface area contributed by atoms with Gasteiger partial charge in [-0.3, -0.25) is 14.5 Å². The van der Waals surface area contributed by atoms with Crippen LogP contribution in [0.3, 0.4) is 0 Å². The second-order valence-electron chi connectivity index (χ2n) is 6.12. The molecule has 0 radical (unpaired) electrons. The number of fused-ring (bicyclic) bond motifs is 1. The fourth-order valence-corrected chi connectivity index (χ4v) is 4.96. The smallest absolute Gasteiger partial charge is 0.267 e. The van der Waals surface area contributed by atoms with Crippen LogP contribution in [-0.2, 0) is 9.59 Å². The quantitative estimate of drug-likeness (QED) is 0.509. The van der Waals surface area contributed by atoms with Crippen molar-refractivity contribution in [3.8, 4) is 0 Å². The van der Waals surface area contributed by atoms with E-state index >= 15 is 0 Å². The van der Waals surface area contributed by atoms with E-state index in [4.69, 9.17) is 12.2 Å².